The molecule has 0 spiro atoms. The SMILES string of the molecule is Cc1ccccc1OCc1cccn2c(C3CCCCCC3)nnc12. The molecule has 0 aliphatic heterocycles. The largest absolute Gasteiger partial charge is 0.488 e. The smallest absolute Gasteiger partial charge is 0.167 e. The van der Waals surface area contributed by atoms with E-state index < -0.39 is 0 Å². The number of hydrogen-bond donors (Lipinski definition) is 0. The Bertz CT molecular complexity index is 847. The number of pyridine rings is 1. The molecule has 3 aromatic rings. The fourth-order valence-electron chi connectivity index (χ4n) is 3.79. The lowest BCUT2D eigenvalue weighted by Crippen LogP contribution is -2.05. The van der Waals surface area contributed by atoms with Crippen molar-refractivity contribution < 1.29 is 4.74 Å². The summed E-state index contributed by atoms with van der Waals surface area (Å²) in [7, 11) is 0. The Morgan fingerprint density at radius 2 is 1.80 bits per heavy atom. The molecule has 4 heteroatoms. The van der Waals surface area contributed by atoms with Gasteiger partial charge in [0.05, 0.1) is 0 Å². The van der Waals surface area contributed by atoms with E-state index in [1.54, 1.807) is 0 Å². The molecule has 0 unspecified atom stereocenters. The van der Waals surface area contributed by atoms with Gasteiger partial charge >= 0.3 is 0 Å². The van der Waals surface area contributed by atoms with Crippen molar-refractivity contribution in [3.05, 3.63) is 59.5 Å². The van der Waals surface area contributed by atoms with Gasteiger partial charge in [0.1, 0.15) is 18.2 Å². The van der Waals surface area contributed by atoms with Crippen LogP contribution in [0.15, 0.2) is 42.6 Å². The van der Waals surface area contributed by atoms with Crippen LogP contribution in [0, 0.1) is 6.92 Å². The Labute approximate surface area is 148 Å². The number of aryl methyl sites for hydroxylation is 1. The highest BCUT2D eigenvalue weighted by molar-refractivity contribution is 5.47. The summed E-state index contributed by atoms with van der Waals surface area (Å²) in [5.74, 6) is 2.58. The van der Waals surface area contributed by atoms with Gasteiger partial charge in [-0.25, -0.2) is 0 Å². The average Bonchev–Trinajstić information content (AvgIpc) is 2.89. The second-order valence-corrected chi connectivity index (χ2v) is 7.03. The van der Waals surface area contributed by atoms with E-state index >= 15 is 0 Å². The molecule has 1 aromatic carbocycles. The number of aromatic nitrogens is 3. The van der Waals surface area contributed by atoms with Crippen LogP contribution in [-0.2, 0) is 6.61 Å². The van der Waals surface area contributed by atoms with Crippen LogP contribution in [0.25, 0.3) is 5.65 Å². The van der Waals surface area contributed by atoms with E-state index in [-0.39, 0.29) is 0 Å². The molecule has 1 aliphatic rings. The summed E-state index contributed by atoms with van der Waals surface area (Å²) in [6.07, 6.45) is 9.85. The molecular weight excluding hydrogens is 310 g/mol. The molecular formula is C21H25N3O. The Hall–Kier alpha value is -2.36. The molecule has 1 saturated carbocycles. The van der Waals surface area contributed by atoms with Crippen LogP contribution in [0.1, 0.15) is 61.4 Å². The van der Waals surface area contributed by atoms with Gasteiger partial charge in [-0.15, -0.1) is 10.2 Å². The summed E-state index contributed by atoms with van der Waals surface area (Å²) >= 11 is 0. The molecule has 130 valence electrons. The topological polar surface area (TPSA) is 39.4 Å². The molecule has 2 aromatic heterocycles. The van der Waals surface area contributed by atoms with E-state index in [1.807, 2.05) is 18.2 Å². The van der Waals surface area contributed by atoms with Crippen LogP contribution in [0.4, 0.5) is 0 Å². The number of nitrogens with zero attached hydrogens (tertiary/aromatic N) is 3. The highest BCUT2D eigenvalue weighted by Gasteiger charge is 2.20. The first-order valence-corrected chi connectivity index (χ1v) is 9.34. The van der Waals surface area contributed by atoms with E-state index in [1.165, 1.54) is 38.5 Å². The van der Waals surface area contributed by atoms with Gasteiger partial charge in [0.25, 0.3) is 0 Å². The molecule has 25 heavy (non-hydrogen) atoms. The zero-order valence-corrected chi connectivity index (χ0v) is 14.8. The van der Waals surface area contributed by atoms with Crippen molar-refractivity contribution in [1.29, 1.82) is 0 Å². The Morgan fingerprint density at radius 1 is 1.00 bits per heavy atom. The van der Waals surface area contributed by atoms with Crippen LogP contribution < -0.4 is 4.74 Å². The maximum Gasteiger partial charge on any atom is 0.167 e. The fourth-order valence-corrected chi connectivity index (χ4v) is 3.79. The monoisotopic (exact) mass is 335 g/mol. The molecule has 2 heterocycles. The first kappa shape index (κ1) is 16.1. The van der Waals surface area contributed by atoms with Crippen molar-refractivity contribution in [2.45, 2.75) is 58.0 Å². The Morgan fingerprint density at radius 3 is 2.60 bits per heavy atom. The van der Waals surface area contributed by atoms with E-state index in [0.29, 0.717) is 12.5 Å². The molecule has 4 nitrogen and oxygen atoms in total. The highest BCUT2D eigenvalue weighted by Crippen LogP contribution is 2.31. The second kappa shape index (κ2) is 7.26. The van der Waals surface area contributed by atoms with Crippen LogP contribution in [0.2, 0.25) is 0 Å². The average molecular weight is 335 g/mol. The molecule has 0 atom stereocenters. The third kappa shape index (κ3) is 3.39. The van der Waals surface area contributed by atoms with Crippen LogP contribution in [-0.4, -0.2) is 14.6 Å². The quantitative estimate of drug-likeness (QED) is 0.626. The number of benzene rings is 1. The normalized spacial score (nSPS) is 16.0. The zero-order chi connectivity index (χ0) is 17.1. The van der Waals surface area contributed by atoms with Gasteiger partial charge in [-0.2, -0.15) is 0 Å². The molecule has 4 rings (SSSR count). The number of rotatable bonds is 4. The lowest BCUT2D eigenvalue weighted by Gasteiger charge is -2.13. The van der Waals surface area contributed by atoms with Gasteiger partial charge in [0.15, 0.2) is 5.65 Å². The number of ether oxygens (including phenoxy) is 1. The number of para-hydroxylation sites is 1. The fraction of sp³-hybridized carbons (Fsp3) is 0.429. The predicted octanol–water partition coefficient (Wildman–Crippen LogP) is 5.05. The summed E-state index contributed by atoms with van der Waals surface area (Å²) in [6.45, 7) is 2.58. The summed E-state index contributed by atoms with van der Waals surface area (Å²) in [5.41, 5.74) is 3.16. The maximum atomic E-state index is 6.02. The zero-order valence-electron chi connectivity index (χ0n) is 14.8. The second-order valence-electron chi connectivity index (χ2n) is 7.03. The van der Waals surface area contributed by atoms with E-state index in [9.17, 15) is 0 Å². The van der Waals surface area contributed by atoms with Crippen molar-refractivity contribution in [3.63, 3.8) is 0 Å². The van der Waals surface area contributed by atoms with Crippen molar-refractivity contribution in [2.75, 3.05) is 0 Å². The van der Waals surface area contributed by atoms with Crippen molar-refractivity contribution in [3.8, 4) is 5.75 Å². The van der Waals surface area contributed by atoms with Gasteiger partial charge in [-0.05, 0) is 37.5 Å². The molecule has 0 bridgehead atoms. The van der Waals surface area contributed by atoms with Crippen molar-refractivity contribution in [2.24, 2.45) is 0 Å². The molecule has 0 radical (unpaired) electrons. The van der Waals surface area contributed by atoms with E-state index in [4.69, 9.17) is 4.74 Å². The van der Waals surface area contributed by atoms with Crippen LogP contribution in [0.3, 0.4) is 0 Å². The Balaban J connectivity index is 1.59. The summed E-state index contributed by atoms with van der Waals surface area (Å²) < 4.78 is 8.20. The van der Waals surface area contributed by atoms with Gasteiger partial charge in [-0.1, -0.05) is 49.9 Å². The summed E-state index contributed by atoms with van der Waals surface area (Å²) in [5, 5.41) is 9.04. The Kier molecular flexibility index (Phi) is 4.68. The number of hydrogen-bond acceptors (Lipinski definition) is 3. The lowest BCUT2D eigenvalue weighted by molar-refractivity contribution is 0.305. The molecule has 1 aliphatic carbocycles. The molecule has 0 saturated heterocycles. The van der Waals surface area contributed by atoms with Crippen LogP contribution >= 0.6 is 0 Å². The third-order valence-corrected chi connectivity index (χ3v) is 5.24. The number of fused-ring (bicyclic) bond motifs is 1. The third-order valence-electron chi connectivity index (χ3n) is 5.24. The first-order chi connectivity index (χ1) is 12.3. The van der Waals surface area contributed by atoms with Crippen molar-refractivity contribution in [1.82, 2.24) is 14.6 Å². The summed E-state index contributed by atoms with van der Waals surface area (Å²) in [4.78, 5) is 0. The standard InChI is InChI=1S/C21H25N3O/c1-16-9-6-7-13-19(16)25-15-18-12-8-14-24-20(22-23-21(18)24)17-10-4-2-3-5-11-17/h6-9,12-14,17H,2-5,10-11,15H2,1H3. The van der Waals surface area contributed by atoms with Gasteiger partial charge in [0, 0.05) is 17.7 Å². The lowest BCUT2D eigenvalue weighted by atomic mass is 9.99. The van der Waals surface area contributed by atoms with Gasteiger partial charge in [0.2, 0.25) is 0 Å². The summed E-state index contributed by atoms with van der Waals surface area (Å²) in [6, 6.07) is 12.3. The molecule has 0 amide bonds. The predicted molar refractivity (Wildman–Crippen MR) is 98.9 cm³/mol. The minimum absolute atomic E-state index is 0.512. The van der Waals surface area contributed by atoms with Gasteiger partial charge < -0.3 is 4.74 Å². The highest BCUT2D eigenvalue weighted by atomic mass is 16.5. The molecule has 1 fully saturated rings. The molecule has 0 N–H and O–H groups in total. The minimum Gasteiger partial charge on any atom is -0.488 e. The van der Waals surface area contributed by atoms with Crippen molar-refractivity contribution >= 4 is 5.65 Å². The van der Waals surface area contributed by atoms with E-state index in [2.05, 4.69) is 45.9 Å². The minimum atomic E-state index is 0.512. The van der Waals surface area contributed by atoms with E-state index in [0.717, 1.165) is 28.3 Å². The first-order valence-electron chi connectivity index (χ1n) is 9.34. The maximum absolute atomic E-state index is 6.02. The van der Waals surface area contributed by atoms with Crippen LogP contribution in [0.5, 0.6) is 5.75 Å². The van der Waals surface area contributed by atoms with Gasteiger partial charge in [-0.3, -0.25) is 4.40 Å².